The minimum absolute atomic E-state index is 0.0234. The first kappa shape index (κ1) is 28.2. The number of hydrogen-bond donors (Lipinski definition) is 2. The SMILES string of the molecule is COc1cc(-c2cnc3ccc(-c4cnc(N)c(C(F)(F)F)c4)nn23)c(F)cc1C(=O)NCCCN1CCOCC1. The fraction of sp³-hybridized carbons (Fsp3) is 0.333. The van der Waals surface area contributed by atoms with E-state index in [-0.39, 0.29) is 33.8 Å². The molecule has 1 saturated heterocycles. The van der Waals surface area contributed by atoms with Crippen molar-refractivity contribution in [3.8, 4) is 28.3 Å². The van der Waals surface area contributed by atoms with Gasteiger partial charge in [0, 0.05) is 37.0 Å². The number of anilines is 1. The molecule has 0 bridgehead atoms. The molecule has 10 nitrogen and oxygen atoms in total. The van der Waals surface area contributed by atoms with Crippen molar-refractivity contribution in [3.05, 3.63) is 59.7 Å². The normalized spacial score (nSPS) is 14.4. The van der Waals surface area contributed by atoms with Crippen LogP contribution in [0.25, 0.3) is 28.2 Å². The number of hydrogen-bond acceptors (Lipinski definition) is 8. The predicted molar refractivity (Wildman–Crippen MR) is 142 cm³/mol. The Morgan fingerprint density at radius 1 is 1.15 bits per heavy atom. The zero-order chi connectivity index (χ0) is 29.1. The van der Waals surface area contributed by atoms with Gasteiger partial charge in [-0.3, -0.25) is 9.69 Å². The number of nitrogens with two attached hydrogens (primary N) is 1. The Hall–Kier alpha value is -4.30. The van der Waals surface area contributed by atoms with Crippen LogP contribution in [-0.4, -0.2) is 76.9 Å². The van der Waals surface area contributed by atoms with Crippen LogP contribution in [0, 0.1) is 5.82 Å². The van der Waals surface area contributed by atoms with E-state index in [1.807, 2.05) is 0 Å². The summed E-state index contributed by atoms with van der Waals surface area (Å²) in [4.78, 5) is 23.0. The number of ether oxygens (including phenoxy) is 2. The monoisotopic (exact) mass is 573 g/mol. The van der Waals surface area contributed by atoms with E-state index in [1.165, 1.54) is 42.2 Å². The van der Waals surface area contributed by atoms with E-state index < -0.39 is 29.3 Å². The topological polar surface area (TPSA) is 120 Å². The maximum atomic E-state index is 15.4. The van der Waals surface area contributed by atoms with E-state index in [0.717, 1.165) is 38.2 Å². The van der Waals surface area contributed by atoms with Crippen LogP contribution >= 0.6 is 0 Å². The molecule has 41 heavy (non-hydrogen) atoms. The summed E-state index contributed by atoms with van der Waals surface area (Å²) in [6, 6.07) is 6.30. The van der Waals surface area contributed by atoms with Crippen LogP contribution in [0.2, 0.25) is 0 Å². The van der Waals surface area contributed by atoms with Gasteiger partial charge in [-0.2, -0.15) is 18.3 Å². The largest absolute Gasteiger partial charge is 0.496 e. The number of benzene rings is 1. The zero-order valence-electron chi connectivity index (χ0n) is 22.0. The number of halogens is 4. The van der Waals surface area contributed by atoms with E-state index >= 15 is 4.39 Å². The van der Waals surface area contributed by atoms with Gasteiger partial charge in [0.15, 0.2) is 5.65 Å². The third-order valence-corrected chi connectivity index (χ3v) is 6.73. The molecule has 1 amide bonds. The molecule has 5 rings (SSSR count). The lowest BCUT2D eigenvalue weighted by Gasteiger charge is -2.26. The van der Waals surface area contributed by atoms with Crippen molar-refractivity contribution in [2.24, 2.45) is 0 Å². The summed E-state index contributed by atoms with van der Waals surface area (Å²) in [6.45, 7) is 4.28. The first-order valence-electron chi connectivity index (χ1n) is 12.8. The summed E-state index contributed by atoms with van der Waals surface area (Å²) in [6.07, 6.45) is -1.43. The maximum absolute atomic E-state index is 15.4. The van der Waals surface area contributed by atoms with Gasteiger partial charge >= 0.3 is 6.18 Å². The van der Waals surface area contributed by atoms with Crippen LogP contribution in [0.1, 0.15) is 22.3 Å². The maximum Gasteiger partial charge on any atom is 0.419 e. The van der Waals surface area contributed by atoms with E-state index in [4.69, 9.17) is 15.2 Å². The molecule has 0 saturated carbocycles. The number of nitrogens with zero attached hydrogens (tertiary/aromatic N) is 5. The Morgan fingerprint density at radius 3 is 2.66 bits per heavy atom. The van der Waals surface area contributed by atoms with Gasteiger partial charge in [0.2, 0.25) is 0 Å². The predicted octanol–water partition coefficient (Wildman–Crippen LogP) is 3.66. The summed E-state index contributed by atoms with van der Waals surface area (Å²) >= 11 is 0. The summed E-state index contributed by atoms with van der Waals surface area (Å²) < 4.78 is 67.5. The molecular weight excluding hydrogens is 546 g/mol. The van der Waals surface area contributed by atoms with E-state index in [1.54, 1.807) is 0 Å². The van der Waals surface area contributed by atoms with Crippen molar-refractivity contribution >= 4 is 17.4 Å². The second-order valence-electron chi connectivity index (χ2n) is 9.38. The van der Waals surface area contributed by atoms with Crippen LogP contribution in [0.3, 0.4) is 0 Å². The summed E-state index contributed by atoms with van der Waals surface area (Å²) in [5, 5.41) is 7.19. The molecule has 0 aliphatic carbocycles. The minimum atomic E-state index is -4.70. The number of methoxy groups -OCH3 is 1. The molecule has 3 N–H and O–H groups in total. The molecule has 3 aromatic heterocycles. The van der Waals surface area contributed by atoms with E-state index in [9.17, 15) is 18.0 Å². The van der Waals surface area contributed by atoms with Crippen LogP contribution < -0.4 is 15.8 Å². The first-order chi connectivity index (χ1) is 19.7. The average molecular weight is 574 g/mol. The Balaban J connectivity index is 1.40. The number of imidazole rings is 1. The van der Waals surface area contributed by atoms with Crippen LogP contribution in [0.15, 0.2) is 42.7 Å². The Bertz CT molecular complexity index is 1570. The van der Waals surface area contributed by atoms with Crippen LogP contribution in [-0.2, 0) is 10.9 Å². The van der Waals surface area contributed by atoms with Crippen molar-refractivity contribution < 1.29 is 31.8 Å². The number of rotatable bonds is 8. The van der Waals surface area contributed by atoms with E-state index in [2.05, 4.69) is 25.3 Å². The lowest BCUT2D eigenvalue weighted by Crippen LogP contribution is -2.38. The van der Waals surface area contributed by atoms with Gasteiger partial charge in [-0.1, -0.05) is 0 Å². The number of nitrogen functional groups attached to an aromatic ring is 1. The Kier molecular flexibility index (Phi) is 8.03. The zero-order valence-corrected chi connectivity index (χ0v) is 22.0. The Morgan fingerprint density at radius 2 is 1.93 bits per heavy atom. The highest BCUT2D eigenvalue weighted by atomic mass is 19.4. The quantitative estimate of drug-likeness (QED) is 0.242. The molecule has 216 valence electrons. The smallest absolute Gasteiger partial charge is 0.419 e. The third kappa shape index (κ3) is 6.07. The highest BCUT2D eigenvalue weighted by molar-refractivity contribution is 5.97. The third-order valence-electron chi connectivity index (χ3n) is 6.73. The molecule has 1 aliphatic rings. The number of pyridine rings is 1. The van der Waals surface area contributed by atoms with Gasteiger partial charge in [0.25, 0.3) is 5.91 Å². The number of fused-ring (bicyclic) bond motifs is 1. The summed E-state index contributed by atoms with van der Waals surface area (Å²) in [5.41, 5.74) is 5.11. The van der Waals surface area contributed by atoms with Crippen molar-refractivity contribution in [1.82, 2.24) is 29.8 Å². The molecular formula is C27H27F4N7O3. The summed E-state index contributed by atoms with van der Waals surface area (Å²) in [7, 11) is 1.36. The number of nitrogens with one attached hydrogen (secondary N) is 1. The van der Waals surface area contributed by atoms with Gasteiger partial charge in [0.1, 0.15) is 17.4 Å². The molecule has 14 heteroatoms. The number of morpholine rings is 1. The van der Waals surface area contributed by atoms with E-state index in [0.29, 0.717) is 25.4 Å². The summed E-state index contributed by atoms with van der Waals surface area (Å²) in [5.74, 6) is -1.73. The number of aromatic nitrogens is 4. The first-order valence-corrected chi connectivity index (χ1v) is 12.8. The van der Waals surface area contributed by atoms with Crippen LogP contribution in [0.4, 0.5) is 23.4 Å². The highest BCUT2D eigenvalue weighted by Gasteiger charge is 2.34. The van der Waals surface area contributed by atoms with Crippen molar-refractivity contribution in [2.45, 2.75) is 12.6 Å². The standard InChI is InChI=1S/C27H27F4N7O3/c1-40-23-13-17(20(28)12-18(23)26(39)33-5-2-6-37-7-9-41-10-8-37)22-15-34-24-4-3-21(36-38(22)24)16-11-19(27(29,30)31)25(32)35-14-16/h3-4,11-15H,2,5-10H2,1H3,(H2,32,35)(H,33,39). The molecule has 0 spiro atoms. The van der Waals surface area contributed by atoms with Gasteiger partial charge in [-0.05, 0) is 43.3 Å². The lowest BCUT2D eigenvalue weighted by molar-refractivity contribution is -0.137. The number of amides is 1. The van der Waals surface area contributed by atoms with Crippen molar-refractivity contribution in [1.29, 1.82) is 0 Å². The Labute approximate surface area is 232 Å². The second kappa shape index (κ2) is 11.7. The number of carbonyl (C=O) groups excluding carboxylic acids is 1. The molecule has 0 atom stereocenters. The fourth-order valence-electron chi connectivity index (χ4n) is 4.57. The van der Waals surface area contributed by atoms with Gasteiger partial charge in [-0.15, -0.1) is 0 Å². The molecule has 1 aromatic carbocycles. The van der Waals surface area contributed by atoms with Crippen molar-refractivity contribution in [3.63, 3.8) is 0 Å². The molecule has 4 aromatic rings. The molecule has 4 heterocycles. The van der Waals surface area contributed by atoms with Crippen LogP contribution in [0.5, 0.6) is 5.75 Å². The number of alkyl halides is 3. The number of carbonyl (C=O) groups is 1. The minimum Gasteiger partial charge on any atom is -0.496 e. The molecule has 0 unspecified atom stereocenters. The molecule has 1 fully saturated rings. The highest BCUT2D eigenvalue weighted by Crippen LogP contribution is 2.35. The molecule has 0 radical (unpaired) electrons. The average Bonchev–Trinajstić information content (AvgIpc) is 3.38. The van der Waals surface area contributed by atoms with Gasteiger partial charge in [0.05, 0.1) is 49.0 Å². The van der Waals surface area contributed by atoms with Gasteiger partial charge in [-0.25, -0.2) is 18.9 Å². The second-order valence-corrected chi connectivity index (χ2v) is 9.38. The lowest BCUT2D eigenvalue weighted by atomic mass is 10.1. The van der Waals surface area contributed by atoms with Gasteiger partial charge < -0.3 is 20.5 Å². The molecule has 1 aliphatic heterocycles. The van der Waals surface area contributed by atoms with Crippen molar-refractivity contribution in [2.75, 3.05) is 52.2 Å². The fourth-order valence-corrected chi connectivity index (χ4v) is 4.57.